The molecule has 0 amide bonds. The molecule has 2 aliphatic rings. The lowest BCUT2D eigenvalue weighted by Crippen LogP contribution is -2.45. The van der Waals surface area contributed by atoms with Gasteiger partial charge in [0.15, 0.2) is 0 Å². The van der Waals surface area contributed by atoms with E-state index >= 15 is 0 Å². The number of likely N-dealkylation sites (tertiary alicyclic amines) is 1. The Balaban J connectivity index is 1.81. The lowest BCUT2D eigenvalue weighted by atomic mass is 9.71. The van der Waals surface area contributed by atoms with Gasteiger partial charge in [0.25, 0.3) is 0 Å². The van der Waals surface area contributed by atoms with Crippen LogP contribution in [0.2, 0.25) is 0 Å². The van der Waals surface area contributed by atoms with Gasteiger partial charge in [-0.3, -0.25) is 0 Å². The minimum absolute atomic E-state index is 0.186. The van der Waals surface area contributed by atoms with Crippen LogP contribution < -0.4 is 5.32 Å². The van der Waals surface area contributed by atoms with E-state index in [-0.39, 0.29) is 6.67 Å². The van der Waals surface area contributed by atoms with E-state index in [1.165, 1.54) is 38.8 Å². The summed E-state index contributed by atoms with van der Waals surface area (Å²) in [6.45, 7) is 5.06. The third-order valence-corrected chi connectivity index (χ3v) is 3.98. The van der Waals surface area contributed by atoms with Crippen LogP contribution in [0.5, 0.6) is 0 Å². The van der Waals surface area contributed by atoms with Crippen LogP contribution in [0.15, 0.2) is 0 Å². The van der Waals surface area contributed by atoms with Crippen molar-refractivity contribution in [2.75, 3.05) is 39.4 Å². The third-order valence-electron chi connectivity index (χ3n) is 3.98. The van der Waals surface area contributed by atoms with Crippen molar-refractivity contribution in [2.45, 2.75) is 25.7 Å². The molecule has 1 N–H and O–H groups in total. The fraction of sp³-hybridized carbons (Fsp3) is 1.00. The Morgan fingerprint density at radius 1 is 1.07 bits per heavy atom. The molecule has 0 bridgehead atoms. The monoisotopic (exact) mass is 200 g/mol. The van der Waals surface area contributed by atoms with Crippen LogP contribution >= 0.6 is 0 Å². The zero-order valence-corrected chi connectivity index (χ0v) is 8.90. The molecule has 0 unspecified atom stereocenters. The molecule has 0 saturated carbocycles. The predicted octanol–water partition coefficient (Wildman–Crippen LogP) is 1.42. The average Bonchev–Trinajstić information content (AvgIpc) is 2.24. The number of nitrogens with zero attached hydrogens (tertiary/aromatic N) is 1. The number of alkyl halides is 1. The Kier molecular flexibility index (Phi) is 3.39. The Morgan fingerprint density at radius 2 is 1.71 bits per heavy atom. The van der Waals surface area contributed by atoms with E-state index in [0.29, 0.717) is 12.0 Å². The van der Waals surface area contributed by atoms with Crippen LogP contribution in [0.1, 0.15) is 25.7 Å². The lowest BCUT2D eigenvalue weighted by Gasteiger charge is -2.44. The van der Waals surface area contributed by atoms with Gasteiger partial charge in [-0.25, -0.2) is 4.39 Å². The van der Waals surface area contributed by atoms with Crippen molar-refractivity contribution in [2.24, 2.45) is 5.41 Å². The van der Waals surface area contributed by atoms with Gasteiger partial charge in [-0.1, -0.05) is 0 Å². The molecule has 0 aliphatic carbocycles. The van der Waals surface area contributed by atoms with E-state index in [2.05, 4.69) is 10.2 Å². The van der Waals surface area contributed by atoms with Crippen molar-refractivity contribution >= 4 is 0 Å². The first-order chi connectivity index (χ1) is 6.85. The van der Waals surface area contributed by atoms with Crippen molar-refractivity contribution in [3.8, 4) is 0 Å². The number of halogens is 1. The number of piperidine rings is 2. The normalized spacial score (nSPS) is 28.1. The van der Waals surface area contributed by atoms with Crippen molar-refractivity contribution in [1.82, 2.24) is 10.2 Å². The highest BCUT2D eigenvalue weighted by Crippen LogP contribution is 2.39. The summed E-state index contributed by atoms with van der Waals surface area (Å²) in [5.74, 6) is 0. The highest BCUT2D eigenvalue weighted by atomic mass is 19.1. The number of nitrogens with one attached hydrogen (secondary N) is 1. The van der Waals surface area contributed by atoms with Gasteiger partial charge in [0.2, 0.25) is 0 Å². The first-order valence-electron chi connectivity index (χ1n) is 5.84. The largest absolute Gasteiger partial charge is 0.317 e. The first kappa shape index (κ1) is 10.4. The summed E-state index contributed by atoms with van der Waals surface area (Å²) < 4.78 is 12.2. The molecule has 3 heteroatoms. The molecule has 0 aromatic heterocycles. The summed E-state index contributed by atoms with van der Waals surface area (Å²) in [5.41, 5.74) is 0.609. The van der Waals surface area contributed by atoms with E-state index in [1.807, 2.05) is 0 Å². The quantitative estimate of drug-likeness (QED) is 0.725. The van der Waals surface area contributed by atoms with Gasteiger partial charge in [-0.2, -0.15) is 0 Å². The molecule has 2 saturated heterocycles. The van der Waals surface area contributed by atoms with Crippen LogP contribution in [-0.2, 0) is 0 Å². The predicted molar refractivity (Wildman–Crippen MR) is 56.2 cm³/mol. The second-order valence-corrected chi connectivity index (χ2v) is 4.78. The van der Waals surface area contributed by atoms with Crippen LogP contribution in [0.25, 0.3) is 0 Å². The fourth-order valence-corrected chi connectivity index (χ4v) is 2.83. The lowest BCUT2D eigenvalue weighted by molar-refractivity contribution is 0.0708. The van der Waals surface area contributed by atoms with Crippen molar-refractivity contribution < 1.29 is 4.39 Å². The van der Waals surface area contributed by atoms with Gasteiger partial charge in [0.05, 0.1) is 0 Å². The van der Waals surface area contributed by atoms with Crippen molar-refractivity contribution in [3.63, 3.8) is 0 Å². The summed E-state index contributed by atoms with van der Waals surface area (Å²) in [6, 6.07) is 0. The Morgan fingerprint density at radius 3 is 2.29 bits per heavy atom. The molecule has 0 radical (unpaired) electrons. The topological polar surface area (TPSA) is 15.3 Å². The summed E-state index contributed by atoms with van der Waals surface area (Å²) in [4.78, 5) is 2.27. The minimum atomic E-state index is -0.186. The summed E-state index contributed by atoms with van der Waals surface area (Å²) in [6.07, 6.45) is 5.23. The maximum absolute atomic E-state index is 12.2. The molecule has 0 atom stereocenters. The maximum atomic E-state index is 12.2. The molecule has 82 valence electrons. The minimum Gasteiger partial charge on any atom is -0.317 e. The van der Waals surface area contributed by atoms with E-state index < -0.39 is 0 Å². The Labute approximate surface area is 85.9 Å². The second-order valence-electron chi connectivity index (χ2n) is 4.78. The summed E-state index contributed by atoms with van der Waals surface area (Å²) in [5, 5.41) is 3.42. The van der Waals surface area contributed by atoms with E-state index in [4.69, 9.17) is 0 Å². The van der Waals surface area contributed by atoms with Crippen LogP contribution in [0.4, 0.5) is 4.39 Å². The van der Waals surface area contributed by atoms with Gasteiger partial charge >= 0.3 is 0 Å². The maximum Gasteiger partial charge on any atom is 0.102 e. The molecule has 0 aromatic carbocycles. The highest BCUT2D eigenvalue weighted by Gasteiger charge is 2.35. The Bertz CT molecular complexity index is 168. The molecule has 0 aromatic rings. The summed E-state index contributed by atoms with van der Waals surface area (Å²) in [7, 11) is 0. The average molecular weight is 200 g/mol. The van der Waals surface area contributed by atoms with Crippen LogP contribution in [0.3, 0.4) is 0 Å². The molecule has 1 spiro atoms. The molecule has 2 heterocycles. The van der Waals surface area contributed by atoms with E-state index in [1.54, 1.807) is 0 Å². The van der Waals surface area contributed by atoms with Crippen LogP contribution in [-0.4, -0.2) is 44.3 Å². The molecular weight excluding hydrogens is 179 g/mol. The Hall–Kier alpha value is -0.150. The van der Waals surface area contributed by atoms with Gasteiger partial charge in [0.1, 0.15) is 6.67 Å². The molecular formula is C11H21FN2. The van der Waals surface area contributed by atoms with Gasteiger partial charge in [-0.15, -0.1) is 0 Å². The summed E-state index contributed by atoms with van der Waals surface area (Å²) >= 11 is 0. The van der Waals surface area contributed by atoms with Crippen molar-refractivity contribution in [1.29, 1.82) is 0 Å². The molecule has 2 fully saturated rings. The standard InChI is InChI=1S/C11H21FN2/c12-5-10-14-8-3-11(4-9-14)1-6-13-7-2-11/h13H,1-10H2. The first-order valence-corrected chi connectivity index (χ1v) is 5.84. The zero-order valence-electron chi connectivity index (χ0n) is 8.90. The molecule has 2 aliphatic heterocycles. The van der Waals surface area contributed by atoms with E-state index in [9.17, 15) is 4.39 Å². The number of rotatable bonds is 2. The smallest absolute Gasteiger partial charge is 0.102 e. The molecule has 14 heavy (non-hydrogen) atoms. The molecule has 2 nitrogen and oxygen atoms in total. The number of hydrogen-bond acceptors (Lipinski definition) is 2. The van der Waals surface area contributed by atoms with Crippen molar-refractivity contribution in [3.05, 3.63) is 0 Å². The SMILES string of the molecule is FCCN1CCC2(CCNCC2)CC1. The zero-order chi connectivity index (χ0) is 9.86. The third kappa shape index (κ3) is 2.26. The highest BCUT2D eigenvalue weighted by molar-refractivity contribution is 4.89. The molecule has 2 rings (SSSR count). The van der Waals surface area contributed by atoms with Gasteiger partial charge < -0.3 is 10.2 Å². The van der Waals surface area contributed by atoms with E-state index in [0.717, 1.165) is 13.1 Å². The number of hydrogen-bond donors (Lipinski definition) is 1. The van der Waals surface area contributed by atoms with Gasteiger partial charge in [0, 0.05) is 6.54 Å². The fourth-order valence-electron chi connectivity index (χ4n) is 2.83. The second kappa shape index (κ2) is 4.58. The van der Waals surface area contributed by atoms with Gasteiger partial charge in [-0.05, 0) is 57.3 Å². The van der Waals surface area contributed by atoms with Crippen LogP contribution in [0, 0.1) is 5.41 Å².